The zero-order valence-corrected chi connectivity index (χ0v) is 15.0. The van der Waals surface area contributed by atoms with E-state index in [1.807, 2.05) is 6.07 Å². The molecule has 2 aromatic carbocycles. The van der Waals surface area contributed by atoms with Crippen LogP contribution in [0.15, 0.2) is 48.5 Å². The van der Waals surface area contributed by atoms with Crippen molar-refractivity contribution in [2.75, 3.05) is 5.75 Å². The van der Waals surface area contributed by atoms with Crippen LogP contribution in [0.2, 0.25) is 0 Å². The standard InChI is InChI=1S/C20H25NOS/c1-15-9-10-16(2)19(13-15)17(3)21-20(22)11-12-23-14-18-7-5-4-6-8-18/h4-10,13,17H,11-12,14H2,1-3H3,(H,21,22)/t17-/m0/s1. The third-order valence-corrected chi connectivity index (χ3v) is 4.89. The molecule has 0 fully saturated rings. The molecule has 0 unspecified atom stereocenters. The average Bonchev–Trinajstić information content (AvgIpc) is 2.54. The van der Waals surface area contributed by atoms with E-state index in [4.69, 9.17) is 0 Å². The van der Waals surface area contributed by atoms with E-state index < -0.39 is 0 Å². The number of carbonyl (C=O) groups is 1. The fraction of sp³-hybridized carbons (Fsp3) is 0.350. The maximum atomic E-state index is 12.1. The predicted molar refractivity (Wildman–Crippen MR) is 99.7 cm³/mol. The molecule has 1 N–H and O–H groups in total. The van der Waals surface area contributed by atoms with Gasteiger partial charge in [0.25, 0.3) is 0 Å². The molecule has 122 valence electrons. The van der Waals surface area contributed by atoms with Gasteiger partial charge < -0.3 is 5.32 Å². The highest BCUT2D eigenvalue weighted by Crippen LogP contribution is 2.19. The minimum Gasteiger partial charge on any atom is -0.350 e. The molecule has 2 nitrogen and oxygen atoms in total. The Balaban J connectivity index is 1.75. The Morgan fingerprint density at radius 2 is 1.87 bits per heavy atom. The Hall–Kier alpha value is -1.74. The smallest absolute Gasteiger partial charge is 0.221 e. The van der Waals surface area contributed by atoms with Gasteiger partial charge in [-0.25, -0.2) is 0 Å². The second-order valence-electron chi connectivity index (χ2n) is 5.94. The number of aryl methyl sites for hydroxylation is 2. The van der Waals surface area contributed by atoms with E-state index in [0.29, 0.717) is 6.42 Å². The summed E-state index contributed by atoms with van der Waals surface area (Å²) in [4.78, 5) is 12.1. The summed E-state index contributed by atoms with van der Waals surface area (Å²) < 4.78 is 0. The van der Waals surface area contributed by atoms with Gasteiger partial charge in [0.1, 0.15) is 0 Å². The van der Waals surface area contributed by atoms with Crippen molar-refractivity contribution < 1.29 is 4.79 Å². The van der Waals surface area contributed by atoms with E-state index in [-0.39, 0.29) is 11.9 Å². The summed E-state index contributed by atoms with van der Waals surface area (Å²) in [5.74, 6) is 1.93. The topological polar surface area (TPSA) is 29.1 Å². The van der Waals surface area contributed by atoms with Gasteiger partial charge >= 0.3 is 0 Å². The van der Waals surface area contributed by atoms with Gasteiger partial charge in [-0.15, -0.1) is 0 Å². The molecule has 0 heterocycles. The number of benzene rings is 2. The zero-order chi connectivity index (χ0) is 16.7. The van der Waals surface area contributed by atoms with Gasteiger partial charge in [0.05, 0.1) is 6.04 Å². The predicted octanol–water partition coefficient (Wildman–Crippen LogP) is 4.80. The van der Waals surface area contributed by atoms with Crippen LogP contribution in [-0.4, -0.2) is 11.7 Å². The molecule has 0 spiro atoms. The van der Waals surface area contributed by atoms with Gasteiger partial charge in [0, 0.05) is 17.9 Å². The van der Waals surface area contributed by atoms with Crippen LogP contribution in [-0.2, 0) is 10.5 Å². The van der Waals surface area contributed by atoms with E-state index in [1.165, 1.54) is 22.3 Å². The fourth-order valence-electron chi connectivity index (χ4n) is 2.55. The maximum Gasteiger partial charge on any atom is 0.221 e. The summed E-state index contributed by atoms with van der Waals surface area (Å²) in [6.45, 7) is 6.22. The number of rotatable bonds is 7. The van der Waals surface area contributed by atoms with Crippen LogP contribution in [0.5, 0.6) is 0 Å². The van der Waals surface area contributed by atoms with E-state index in [2.05, 4.69) is 68.6 Å². The molecular weight excluding hydrogens is 302 g/mol. The van der Waals surface area contributed by atoms with E-state index >= 15 is 0 Å². The molecule has 0 aromatic heterocycles. The van der Waals surface area contributed by atoms with Gasteiger partial charge in [-0.05, 0) is 37.5 Å². The Morgan fingerprint density at radius 1 is 1.13 bits per heavy atom. The molecule has 1 amide bonds. The summed E-state index contributed by atoms with van der Waals surface area (Å²) in [7, 11) is 0. The monoisotopic (exact) mass is 327 g/mol. The van der Waals surface area contributed by atoms with Crippen molar-refractivity contribution in [2.24, 2.45) is 0 Å². The summed E-state index contributed by atoms with van der Waals surface area (Å²) in [5.41, 5.74) is 4.96. The van der Waals surface area contributed by atoms with E-state index in [1.54, 1.807) is 11.8 Å². The van der Waals surface area contributed by atoms with Crippen molar-refractivity contribution in [2.45, 2.75) is 39.0 Å². The quantitative estimate of drug-likeness (QED) is 0.740. The summed E-state index contributed by atoms with van der Waals surface area (Å²) in [5, 5.41) is 3.11. The van der Waals surface area contributed by atoms with Gasteiger partial charge in [0.2, 0.25) is 5.91 Å². The minimum absolute atomic E-state index is 0.0570. The molecule has 0 aliphatic carbocycles. The highest BCUT2D eigenvalue weighted by molar-refractivity contribution is 7.98. The van der Waals surface area contributed by atoms with Crippen LogP contribution in [0.1, 0.15) is 41.6 Å². The average molecular weight is 327 g/mol. The normalized spacial score (nSPS) is 12.0. The number of nitrogens with one attached hydrogen (secondary N) is 1. The van der Waals surface area contributed by atoms with Gasteiger partial charge in [-0.3, -0.25) is 4.79 Å². The molecule has 0 saturated carbocycles. The van der Waals surface area contributed by atoms with Gasteiger partial charge in [-0.2, -0.15) is 11.8 Å². The lowest BCUT2D eigenvalue weighted by molar-refractivity contribution is -0.121. The third kappa shape index (κ3) is 5.76. The van der Waals surface area contributed by atoms with Crippen molar-refractivity contribution in [3.63, 3.8) is 0 Å². The number of hydrogen-bond acceptors (Lipinski definition) is 2. The van der Waals surface area contributed by atoms with E-state index in [0.717, 1.165) is 11.5 Å². The molecule has 0 saturated heterocycles. The molecule has 0 aliphatic heterocycles. The van der Waals surface area contributed by atoms with Crippen molar-refractivity contribution in [1.82, 2.24) is 5.32 Å². The molecule has 2 aromatic rings. The van der Waals surface area contributed by atoms with Crippen LogP contribution < -0.4 is 5.32 Å². The van der Waals surface area contributed by atoms with Crippen molar-refractivity contribution in [3.8, 4) is 0 Å². The molecule has 3 heteroatoms. The highest BCUT2D eigenvalue weighted by atomic mass is 32.2. The lowest BCUT2D eigenvalue weighted by atomic mass is 10.00. The third-order valence-electron chi connectivity index (χ3n) is 3.86. The lowest BCUT2D eigenvalue weighted by Crippen LogP contribution is -2.27. The Morgan fingerprint density at radius 3 is 2.61 bits per heavy atom. The molecule has 2 rings (SSSR count). The summed E-state index contributed by atoms with van der Waals surface area (Å²) >= 11 is 1.80. The molecular formula is C20H25NOS. The highest BCUT2D eigenvalue weighted by Gasteiger charge is 2.11. The Labute approximate surface area is 143 Å². The van der Waals surface area contributed by atoms with Crippen molar-refractivity contribution in [1.29, 1.82) is 0 Å². The first-order valence-electron chi connectivity index (χ1n) is 8.04. The summed E-state index contributed by atoms with van der Waals surface area (Å²) in [6.07, 6.45) is 0.562. The molecule has 1 atom stereocenters. The first kappa shape index (κ1) is 17.6. The zero-order valence-electron chi connectivity index (χ0n) is 14.1. The molecule has 0 radical (unpaired) electrons. The van der Waals surface area contributed by atoms with Crippen LogP contribution in [0.3, 0.4) is 0 Å². The molecule has 0 aliphatic rings. The number of amides is 1. The Bertz CT molecular complexity index is 639. The number of carbonyl (C=O) groups excluding carboxylic acids is 1. The maximum absolute atomic E-state index is 12.1. The van der Waals surface area contributed by atoms with Crippen LogP contribution >= 0.6 is 11.8 Å². The fourth-order valence-corrected chi connectivity index (χ4v) is 3.45. The number of hydrogen-bond donors (Lipinski definition) is 1. The minimum atomic E-state index is 0.0570. The van der Waals surface area contributed by atoms with Gasteiger partial charge in [-0.1, -0.05) is 54.1 Å². The Kier molecular flexibility index (Phi) is 6.72. The van der Waals surface area contributed by atoms with Crippen molar-refractivity contribution in [3.05, 3.63) is 70.8 Å². The second kappa shape index (κ2) is 8.78. The first-order chi connectivity index (χ1) is 11.1. The summed E-state index contributed by atoms with van der Waals surface area (Å²) in [6, 6.07) is 16.8. The lowest BCUT2D eigenvalue weighted by Gasteiger charge is -2.17. The number of thioether (sulfide) groups is 1. The second-order valence-corrected chi connectivity index (χ2v) is 7.04. The van der Waals surface area contributed by atoms with Crippen molar-refractivity contribution >= 4 is 17.7 Å². The largest absolute Gasteiger partial charge is 0.350 e. The SMILES string of the molecule is Cc1ccc(C)c([C@H](C)NC(=O)CCSCc2ccccc2)c1. The molecule has 23 heavy (non-hydrogen) atoms. The van der Waals surface area contributed by atoms with Crippen LogP contribution in [0.4, 0.5) is 0 Å². The van der Waals surface area contributed by atoms with Crippen LogP contribution in [0, 0.1) is 13.8 Å². The van der Waals surface area contributed by atoms with Crippen LogP contribution in [0.25, 0.3) is 0 Å². The first-order valence-corrected chi connectivity index (χ1v) is 9.20. The van der Waals surface area contributed by atoms with E-state index in [9.17, 15) is 4.79 Å². The molecule has 0 bridgehead atoms. The van der Waals surface area contributed by atoms with Gasteiger partial charge in [0.15, 0.2) is 0 Å².